The van der Waals surface area contributed by atoms with Crippen molar-refractivity contribution < 1.29 is 5.11 Å². The Morgan fingerprint density at radius 3 is 2.82 bits per heavy atom. The molecule has 0 unspecified atom stereocenters. The van der Waals surface area contributed by atoms with E-state index in [-0.39, 0.29) is 5.75 Å². The van der Waals surface area contributed by atoms with Gasteiger partial charge in [-0.3, -0.25) is 4.68 Å². The van der Waals surface area contributed by atoms with E-state index < -0.39 is 0 Å². The topological polar surface area (TPSA) is 51.2 Å². The standard InChI is InChI=1S/C8H8N2O/c9-10-5-4-6-7(10)2-1-3-8(6)11/h1-5,11H,9H2. The molecule has 3 nitrogen and oxygen atoms in total. The van der Waals surface area contributed by atoms with Crippen molar-refractivity contribution in [2.45, 2.75) is 0 Å². The van der Waals surface area contributed by atoms with Crippen LogP contribution in [0.4, 0.5) is 0 Å². The lowest BCUT2D eigenvalue weighted by Crippen LogP contribution is -2.04. The van der Waals surface area contributed by atoms with Crippen LogP contribution in [0.2, 0.25) is 0 Å². The molecule has 2 rings (SSSR count). The van der Waals surface area contributed by atoms with Gasteiger partial charge in [0, 0.05) is 11.6 Å². The predicted octanol–water partition coefficient (Wildman–Crippen LogP) is 1.06. The van der Waals surface area contributed by atoms with Crippen molar-refractivity contribution in [1.29, 1.82) is 0 Å². The maximum atomic E-state index is 9.32. The van der Waals surface area contributed by atoms with Gasteiger partial charge in [0.1, 0.15) is 5.75 Å². The summed E-state index contributed by atoms with van der Waals surface area (Å²) in [5.41, 5.74) is 0.838. The number of aromatic hydroxyl groups is 1. The zero-order valence-electron chi connectivity index (χ0n) is 5.86. The van der Waals surface area contributed by atoms with Crippen LogP contribution in [0, 0.1) is 0 Å². The first-order valence-corrected chi connectivity index (χ1v) is 3.33. The summed E-state index contributed by atoms with van der Waals surface area (Å²) in [4.78, 5) is 0. The van der Waals surface area contributed by atoms with Crippen LogP contribution in [0.3, 0.4) is 0 Å². The molecule has 3 heteroatoms. The highest BCUT2D eigenvalue weighted by molar-refractivity contribution is 5.86. The minimum absolute atomic E-state index is 0.270. The number of nitrogens with two attached hydrogens (primary N) is 1. The molecule has 0 saturated carbocycles. The minimum atomic E-state index is 0.270. The number of nitrogens with zero attached hydrogens (tertiary/aromatic N) is 1. The van der Waals surface area contributed by atoms with Gasteiger partial charge in [-0.2, -0.15) is 0 Å². The van der Waals surface area contributed by atoms with Gasteiger partial charge in [-0.05, 0) is 18.2 Å². The summed E-state index contributed by atoms with van der Waals surface area (Å²) in [6.07, 6.45) is 1.71. The second-order valence-corrected chi connectivity index (χ2v) is 2.43. The van der Waals surface area contributed by atoms with Gasteiger partial charge in [-0.25, -0.2) is 0 Å². The summed E-state index contributed by atoms with van der Waals surface area (Å²) in [5.74, 6) is 5.82. The number of hydrogen-bond donors (Lipinski definition) is 2. The average molecular weight is 148 g/mol. The fourth-order valence-electron chi connectivity index (χ4n) is 1.17. The Balaban J connectivity index is 2.94. The molecule has 1 aromatic carbocycles. The minimum Gasteiger partial charge on any atom is -0.507 e. The molecule has 3 N–H and O–H groups in total. The Bertz CT molecular complexity index is 392. The van der Waals surface area contributed by atoms with E-state index >= 15 is 0 Å². The predicted molar refractivity (Wildman–Crippen MR) is 43.8 cm³/mol. The Labute approximate surface area is 63.6 Å². The van der Waals surface area contributed by atoms with E-state index in [2.05, 4.69) is 0 Å². The normalized spacial score (nSPS) is 10.5. The summed E-state index contributed by atoms with van der Waals surface area (Å²) >= 11 is 0. The van der Waals surface area contributed by atoms with E-state index in [9.17, 15) is 5.11 Å². The third-order valence-electron chi connectivity index (χ3n) is 1.74. The molecule has 0 aliphatic rings. The van der Waals surface area contributed by atoms with Crippen LogP contribution in [0.1, 0.15) is 0 Å². The first-order valence-electron chi connectivity index (χ1n) is 3.33. The highest BCUT2D eigenvalue weighted by Gasteiger charge is 2.00. The van der Waals surface area contributed by atoms with Gasteiger partial charge in [0.2, 0.25) is 0 Å². The van der Waals surface area contributed by atoms with Crippen molar-refractivity contribution in [3.05, 3.63) is 30.5 Å². The number of phenolic OH excluding ortho intramolecular Hbond substituents is 1. The second-order valence-electron chi connectivity index (χ2n) is 2.43. The van der Waals surface area contributed by atoms with Crippen LogP contribution in [-0.4, -0.2) is 9.78 Å². The van der Waals surface area contributed by atoms with Crippen LogP contribution in [0.15, 0.2) is 30.5 Å². The fourth-order valence-corrected chi connectivity index (χ4v) is 1.17. The number of nitrogen functional groups attached to an aromatic ring is 1. The molecule has 1 heterocycles. The monoisotopic (exact) mass is 148 g/mol. The first kappa shape index (κ1) is 6.09. The molecule has 0 saturated heterocycles. The number of benzene rings is 1. The molecule has 0 aliphatic carbocycles. The molecule has 0 bridgehead atoms. The first-order chi connectivity index (χ1) is 5.29. The summed E-state index contributed by atoms with van der Waals surface area (Å²) < 4.78 is 1.48. The summed E-state index contributed by atoms with van der Waals surface area (Å²) in [6, 6.07) is 7.04. The summed E-state index contributed by atoms with van der Waals surface area (Å²) in [7, 11) is 0. The third-order valence-corrected chi connectivity index (χ3v) is 1.74. The highest BCUT2D eigenvalue weighted by Crippen LogP contribution is 2.23. The maximum Gasteiger partial charge on any atom is 0.125 e. The lowest BCUT2D eigenvalue weighted by atomic mass is 10.2. The average Bonchev–Trinajstić information content (AvgIpc) is 2.35. The van der Waals surface area contributed by atoms with Crippen molar-refractivity contribution in [1.82, 2.24) is 4.68 Å². The smallest absolute Gasteiger partial charge is 0.125 e. The molecule has 2 aromatic rings. The SMILES string of the molecule is Nn1ccc2c(O)cccc21. The molecule has 0 atom stereocenters. The second kappa shape index (κ2) is 1.92. The van der Waals surface area contributed by atoms with Crippen molar-refractivity contribution in [2.75, 3.05) is 5.84 Å². The molecule has 0 fully saturated rings. The molecule has 0 radical (unpaired) electrons. The van der Waals surface area contributed by atoms with Crippen LogP contribution < -0.4 is 5.84 Å². The van der Waals surface area contributed by atoms with Crippen LogP contribution in [0.5, 0.6) is 5.75 Å². The van der Waals surface area contributed by atoms with Gasteiger partial charge >= 0.3 is 0 Å². The zero-order valence-corrected chi connectivity index (χ0v) is 5.86. The van der Waals surface area contributed by atoms with Crippen molar-refractivity contribution in [2.24, 2.45) is 0 Å². The molecular formula is C8H8N2O. The van der Waals surface area contributed by atoms with E-state index in [1.807, 2.05) is 6.07 Å². The van der Waals surface area contributed by atoms with Gasteiger partial charge in [-0.1, -0.05) is 6.07 Å². The molecule has 11 heavy (non-hydrogen) atoms. The molecule has 0 amide bonds. The van der Waals surface area contributed by atoms with Gasteiger partial charge in [0.15, 0.2) is 0 Å². The summed E-state index contributed by atoms with van der Waals surface area (Å²) in [6.45, 7) is 0. The van der Waals surface area contributed by atoms with Gasteiger partial charge in [0.05, 0.1) is 5.52 Å². The maximum absolute atomic E-state index is 9.32. The Morgan fingerprint density at radius 2 is 2.09 bits per heavy atom. The lowest BCUT2D eigenvalue weighted by molar-refractivity contribution is 0.481. The third kappa shape index (κ3) is 0.741. The fraction of sp³-hybridized carbons (Fsp3) is 0. The number of aromatic nitrogens is 1. The largest absolute Gasteiger partial charge is 0.507 e. The molecule has 0 aliphatic heterocycles. The number of hydrogen-bond acceptors (Lipinski definition) is 2. The summed E-state index contributed by atoms with van der Waals surface area (Å²) in [5, 5.41) is 10.1. The Morgan fingerprint density at radius 1 is 1.27 bits per heavy atom. The Kier molecular flexibility index (Phi) is 1.06. The number of phenols is 1. The zero-order chi connectivity index (χ0) is 7.84. The molecule has 1 aromatic heterocycles. The van der Waals surface area contributed by atoms with E-state index in [0.29, 0.717) is 0 Å². The lowest BCUT2D eigenvalue weighted by Gasteiger charge is -1.96. The van der Waals surface area contributed by atoms with Crippen molar-refractivity contribution >= 4 is 10.9 Å². The van der Waals surface area contributed by atoms with E-state index in [1.165, 1.54) is 4.68 Å². The van der Waals surface area contributed by atoms with E-state index in [0.717, 1.165) is 10.9 Å². The highest BCUT2D eigenvalue weighted by atomic mass is 16.3. The quantitative estimate of drug-likeness (QED) is 0.549. The number of fused-ring (bicyclic) bond motifs is 1. The Hall–Kier alpha value is -1.64. The molecule has 0 spiro atoms. The van der Waals surface area contributed by atoms with Crippen molar-refractivity contribution in [3.63, 3.8) is 0 Å². The number of rotatable bonds is 0. The van der Waals surface area contributed by atoms with Gasteiger partial charge in [0.25, 0.3) is 0 Å². The van der Waals surface area contributed by atoms with E-state index in [1.54, 1.807) is 24.4 Å². The van der Waals surface area contributed by atoms with Crippen LogP contribution in [-0.2, 0) is 0 Å². The van der Waals surface area contributed by atoms with Gasteiger partial charge < -0.3 is 10.9 Å². The van der Waals surface area contributed by atoms with E-state index in [4.69, 9.17) is 5.84 Å². The van der Waals surface area contributed by atoms with Gasteiger partial charge in [-0.15, -0.1) is 0 Å². The molecule has 56 valence electrons. The van der Waals surface area contributed by atoms with Crippen LogP contribution >= 0.6 is 0 Å². The van der Waals surface area contributed by atoms with Crippen molar-refractivity contribution in [3.8, 4) is 5.75 Å². The molecular weight excluding hydrogens is 140 g/mol. The van der Waals surface area contributed by atoms with Crippen LogP contribution in [0.25, 0.3) is 10.9 Å².